The number of carboxylic acid groups (broad SMARTS) is 1. The molecule has 108 valence electrons. The maximum Gasteiger partial charge on any atom is 0.435 e. The van der Waals surface area contributed by atoms with Gasteiger partial charge in [-0.2, -0.15) is 23.5 Å². The van der Waals surface area contributed by atoms with E-state index in [0.29, 0.717) is 16.3 Å². The number of aryl methyl sites for hydroxylation is 1. The summed E-state index contributed by atoms with van der Waals surface area (Å²) in [5.41, 5.74) is -1.01. The van der Waals surface area contributed by atoms with Crippen molar-refractivity contribution in [2.75, 3.05) is 0 Å². The summed E-state index contributed by atoms with van der Waals surface area (Å²) >= 11 is 0. The molecule has 2 aromatic rings. The first kappa shape index (κ1) is 14.6. The second-order valence-corrected chi connectivity index (χ2v) is 4.24. The summed E-state index contributed by atoms with van der Waals surface area (Å²) in [7, 11) is 0. The third kappa shape index (κ3) is 2.72. The summed E-state index contributed by atoms with van der Waals surface area (Å²) < 4.78 is 38.6. The van der Waals surface area contributed by atoms with Crippen LogP contribution in [0.1, 0.15) is 27.3 Å². The zero-order valence-electron chi connectivity index (χ0n) is 10.6. The van der Waals surface area contributed by atoms with Crippen molar-refractivity contribution in [1.29, 1.82) is 5.26 Å². The molecule has 1 heterocycles. The van der Waals surface area contributed by atoms with E-state index in [1.54, 1.807) is 6.92 Å². The molecule has 0 spiro atoms. The number of benzene rings is 1. The molecule has 0 fully saturated rings. The first-order valence-electron chi connectivity index (χ1n) is 5.65. The number of carboxylic acids is 1. The van der Waals surface area contributed by atoms with Crippen LogP contribution < -0.4 is 0 Å². The van der Waals surface area contributed by atoms with Gasteiger partial charge in [-0.3, -0.25) is 0 Å². The Kier molecular flexibility index (Phi) is 3.43. The van der Waals surface area contributed by atoms with Crippen molar-refractivity contribution >= 4 is 5.97 Å². The Morgan fingerprint density at radius 1 is 1.38 bits per heavy atom. The molecule has 21 heavy (non-hydrogen) atoms. The number of halogens is 3. The summed E-state index contributed by atoms with van der Waals surface area (Å²) in [6.45, 7) is 1.66. The number of rotatable bonds is 2. The molecule has 0 aliphatic rings. The first-order chi connectivity index (χ1) is 9.74. The summed E-state index contributed by atoms with van der Waals surface area (Å²) in [4.78, 5) is 11.1. The van der Waals surface area contributed by atoms with Crippen LogP contribution in [0.2, 0.25) is 0 Å². The van der Waals surface area contributed by atoms with E-state index in [4.69, 9.17) is 10.4 Å². The van der Waals surface area contributed by atoms with Gasteiger partial charge in [0, 0.05) is 6.07 Å². The summed E-state index contributed by atoms with van der Waals surface area (Å²) in [6.07, 6.45) is -4.75. The van der Waals surface area contributed by atoms with Crippen LogP contribution >= 0.6 is 0 Å². The number of alkyl halides is 3. The molecule has 0 atom stereocenters. The lowest BCUT2D eigenvalue weighted by atomic mass is 10.1. The third-order valence-corrected chi connectivity index (χ3v) is 2.81. The molecule has 1 aromatic carbocycles. The SMILES string of the molecule is Cc1ccc(-n2nc(C(F)(F)F)cc2C(=O)O)cc1C#N. The highest BCUT2D eigenvalue weighted by molar-refractivity contribution is 5.86. The smallest absolute Gasteiger partial charge is 0.435 e. The van der Waals surface area contributed by atoms with Crippen molar-refractivity contribution in [3.8, 4) is 11.8 Å². The van der Waals surface area contributed by atoms with Crippen LogP contribution in [-0.4, -0.2) is 20.9 Å². The number of nitrogens with zero attached hydrogens (tertiary/aromatic N) is 3. The number of carbonyl (C=O) groups is 1. The minimum atomic E-state index is -4.75. The highest BCUT2D eigenvalue weighted by Gasteiger charge is 2.36. The Hall–Kier alpha value is -2.82. The standard InChI is InChI=1S/C13H8F3N3O2/c1-7-2-3-9(4-8(7)6-17)19-10(12(20)21)5-11(18-19)13(14,15)16/h2-5H,1H3,(H,20,21). The zero-order chi connectivity index (χ0) is 15.8. The topological polar surface area (TPSA) is 78.9 Å². The molecule has 0 aliphatic carbocycles. The molecule has 0 bridgehead atoms. The van der Waals surface area contributed by atoms with Crippen molar-refractivity contribution < 1.29 is 23.1 Å². The number of hydrogen-bond acceptors (Lipinski definition) is 3. The maximum atomic E-state index is 12.6. The third-order valence-electron chi connectivity index (χ3n) is 2.81. The van der Waals surface area contributed by atoms with E-state index in [9.17, 15) is 18.0 Å². The van der Waals surface area contributed by atoms with Gasteiger partial charge in [-0.25, -0.2) is 9.48 Å². The van der Waals surface area contributed by atoms with Gasteiger partial charge in [-0.05, 0) is 24.6 Å². The summed E-state index contributed by atoms with van der Waals surface area (Å²) in [5.74, 6) is -1.54. The van der Waals surface area contributed by atoms with Gasteiger partial charge in [0.15, 0.2) is 11.4 Å². The van der Waals surface area contributed by atoms with Crippen LogP contribution in [0.5, 0.6) is 0 Å². The molecule has 0 radical (unpaired) electrons. The van der Waals surface area contributed by atoms with E-state index >= 15 is 0 Å². The predicted octanol–water partition coefficient (Wildman–Crippen LogP) is 2.77. The zero-order valence-corrected chi connectivity index (χ0v) is 10.6. The predicted molar refractivity (Wildman–Crippen MR) is 65.0 cm³/mol. The quantitative estimate of drug-likeness (QED) is 0.924. The van der Waals surface area contributed by atoms with Gasteiger partial charge in [0.1, 0.15) is 0 Å². The van der Waals surface area contributed by atoms with Gasteiger partial charge in [0.05, 0.1) is 17.3 Å². The molecule has 0 saturated carbocycles. The fourth-order valence-corrected chi connectivity index (χ4v) is 1.73. The normalized spacial score (nSPS) is 11.2. The lowest BCUT2D eigenvalue weighted by Crippen LogP contribution is -2.09. The molecule has 1 N–H and O–H groups in total. The van der Waals surface area contributed by atoms with Gasteiger partial charge >= 0.3 is 12.1 Å². The van der Waals surface area contributed by atoms with Gasteiger partial charge in [-0.1, -0.05) is 6.07 Å². The van der Waals surface area contributed by atoms with Gasteiger partial charge in [-0.15, -0.1) is 0 Å². The summed E-state index contributed by atoms with van der Waals surface area (Å²) in [5, 5.41) is 21.2. The van der Waals surface area contributed by atoms with E-state index in [1.165, 1.54) is 18.2 Å². The molecule has 1 aromatic heterocycles. The Bertz CT molecular complexity index is 757. The van der Waals surface area contributed by atoms with Crippen LogP contribution in [0.3, 0.4) is 0 Å². The summed E-state index contributed by atoms with van der Waals surface area (Å²) in [6, 6.07) is 6.53. The van der Waals surface area contributed by atoms with Crippen LogP contribution in [0.25, 0.3) is 5.69 Å². The molecule has 8 heteroatoms. The van der Waals surface area contributed by atoms with Crippen molar-refractivity contribution in [3.63, 3.8) is 0 Å². The van der Waals surface area contributed by atoms with Crippen molar-refractivity contribution in [1.82, 2.24) is 9.78 Å². The van der Waals surface area contributed by atoms with E-state index < -0.39 is 23.5 Å². The van der Waals surface area contributed by atoms with Crippen molar-refractivity contribution in [2.45, 2.75) is 13.1 Å². The largest absolute Gasteiger partial charge is 0.477 e. The van der Waals surface area contributed by atoms with Gasteiger partial charge in [0.2, 0.25) is 0 Å². The maximum absolute atomic E-state index is 12.6. The minimum absolute atomic E-state index is 0.0741. The molecular formula is C13H8F3N3O2. The lowest BCUT2D eigenvalue weighted by Gasteiger charge is -2.06. The highest BCUT2D eigenvalue weighted by Crippen LogP contribution is 2.29. The molecule has 0 unspecified atom stereocenters. The Morgan fingerprint density at radius 3 is 2.57 bits per heavy atom. The fraction of sp³-hybridized carbons (Fsp3) is 0.154. The molecule has 2 rings (SSSR count). The minimum Gasteiger partial charge on any atom is -0.477 e. The molecule has 0 saturated heterocycles. The lowest BCUT2D eigenvalue weighted by molar-refractivity contribution is -0.141. The fourth-order valence-electron chi connectivity index (χ4n) is 1.73. The molecule has 0 aliphatic heterocycles. The average molecular weight is 295 g/mol. The van der Waals surface area contributed by atoms with E-state index in [-0.39, 0.29) is 11.3 Å². The monoisotopic (exact) mass is 295 g/mol. The number of aromatic carboxylic acids is 1. The van der Waals surface area contributed by atoms with E-state index in [0.717, 1.165) is 0 Å². The average Bonchev–Trinajstić information content (AvgIpc) is 2.84. The van der Waals surface area contributed by atoms with Crippen molar-refractivity contribution in [2.24, 2.45) is 0 Å². The molecular weight excluding hydrogens is 287 g/mol. The van der Waals surface area contributed by atoms with Gasteiger partial charge in [0.25, 0.3) is 0 Å². The van der Waals surface area contributed by atoms with Gasteiger partial charge < -0.3 is 5.11 Å². The second-order valence-electron chi connectivity index (χ2n) is 4.24. The Morgan fingerprint density at radius 2 is 2.05 bits per heavy atom. The van der Waals surface area contributed by atoms with Crippen LogP contribution in [0.15, 0.2) is 24.3 Å². The number of aromatic nitrogens is 2. The number of hydrogen-bond donors (Lipinski definition) is 1. The number of nitriles is 1. The first-order valence-corrected chi connectivity index (χ1v) is 5.65. The van der Waals surface area contributed by atoms with Crippen LogP contribution in [0.4, 0.5) is 13.2 Å². The Balaban J connectivity index is 2.66. The van der Waals surface area contributed by atoms with E-state index in [2.05, 4.69) is 5.10 Å². The van der Waals surface area contributed by atoms with Crippen LogP contribution in [-0.2, 0) is 6.18 Å². The second kappa shape index (κ2) is 4.94. The van der Waals surface area contributed by atoms with Crippen LogP contribution in [0, 0.1) is 18.3 Å². The molecule has 0 amide bonds. The highest BCUT2D eigenvalue weighted by atomic mass is 19.4. The van der Waals surface area contributed by atoms with E-state index in [1.807, 2.05) is 6.07 Å². The van der Waals surface area contributed by atoms with Crippen molar-refractivity contribution in [3.05, 3.63) is 46.8 Å². The Labute approximate surface area is 116 Å². The molecule has 5 nitrogen and oxygen atoms in total.